The van der Waals surface area contributed by atoms with Crippen molar-refractivity contribution in [2.24, 2.45) is 5.73 Å². The van der Waals surface area contributed by atoms with Gasteiger partial charge >= 0.3 is 5.97 Å². The Morgan fingerprint density at radius 1 is 1.40 bits per heavy atom. The second-order valence-electron chi connectivity index (χ2n) is 3.05. The summed E-state index contributed by atoms with van der Waals surface area (Å²) in [6, 6.07) is 5.69. The Balaban J connectivity index is 2.78. The number of carboxylic acids is 1. The molecule has 0 heterocycles. The molecule has 4 nitrogen and oxygen atoms in total. The van der Waals surface area contributed by atoms with Crippen LogP contribution in [0.2, 0.25) is 0 Å². The highest BCUT2D eigenvalue weighted by atomic mass is 79.9. The minimum absolute atomic E-state index is 0.196. The van der Waals surface area contributed by atoms with Gasteiger partial charge in [0.05, 0.1) is 0 Å². The van der Waals surface area contributed by atoms with E-state index in [1.54, 1.807) is 24.3 Å². The van der Waals surface area contributed by atoms with Crippen molar-refractivity contribution < 1.29 is 14.7 Å². The number of ketones is 1. The molecule has 0 amide bonds. The standard InChI is InChI=1S/C10H10BrNO3/c11-7-4-2-1-3-6(7)9(13)5-8(12)10(14)15/h1-4,8H,5,12H2,(H,14,15)/t8-/m1/s1. The first-order valence-corrected chi connectivity index (χ1v) is 5.07. The van der Waals surface area contributed by atoms with Crippen LogP contribution >= 0.6 is 15.9 Å². The molecule has 0 bridgehead atoms. The van der Waals surface area contributed by atoms with E-state index >= 15 is 0 Å². The van der Waals surface area contributed by atoms with Gasteiger partial charge in [0.1, 0.15) is 6.04 Å². The van der Waals surface area contributed by atoms with Gasteiger partial charge in [-0.15, -0.1) is 0 Å². The van der Waals surface area contributed by atoms with Gasteiger partial charge in [-0.05, 0) is 6.07 Å². The molecule has 1 aromatic carbocycles. The Morgan fingerprint density at radius 2 is 2.00 bits per heavy atom. The van der Waals surface area contributed by atoms with Crippen LogP contribution in [0.4, 0.5) is 0 Å². The van der Waals surface area contributed by atoms with Crippen molar-refractivity contribution in [1.29, 1.82) is 0 Å². The fraction of sp³-hybridized carbons (Fsp3) is 0.200. The summed E-state index contributed by atoms with van der Waals surface area (Å²) in [5.74, 6) is -1.45. The van der Waals surface area contributed by atoms with E-state index in [1.165, 1.54) is 0 Å². The van der Waals surface area contributed by atoms with Crippen LogP contribution in [0, 0.1) is 0 Å². The van der Waals surface area contributed by atoms with Crippen LogP contribution in [0.5, 0.6) is 0 Å². The monoisotopic (exact) mass is 271 g/mol. The lowest BCUT2D eigenvalue weighted by Crippen LogP contribution is -2.32. The van der Waals surface area contributed by atoms with Crippen LogP contribution in [-0.2, 0) is 4.79 Å². The maximum Gasteiger partial charge on any atom is 0.320 e. The van der Waals surface area contributed by atoms with Crippen molar-refractivity contribution in [3.05, 3.63) is 34.3 Å². The second-order valence-corrected chi connectivity index (χ2v) is 3.91. The number of Topliss-reactive ketones (excluding diaryl/α,β-unsaturated/α-hetero) is 1. The van der Waals surface area contributed by atoms with E-state index in [0.29, 0.717) is 10.0 Å². The minimum atomic E-state index is -1.17. The van der Waals surface area contributed by atoms with Crippen molar-refractivity contribution >= 4 is 27.7 Å². The quantitative estimate of drug-likeness (QED) is 0.812. The van der Waals surface area contributed by atoms with E-state index in [1.807, 2.05) is 0 Å². The van der Waals surface area contributed by atoms with Gasteiger partial charge in [0.25, 0.3) is 0 Å². The summed E-state index contributed by atoms with van der Waals surface area (Å²) in [6.07, 6.45) is -0.196. The van der Waals surface area contributed by atoms with Crippen LogP contribution in [0.15, 0.2) is 28.7 Å². The lowest BCUT2D eigenvalue weighted by atomic mass is 10.0. The molecule has 0 unspecified atom stereocenters. The average molecular weight is 272 g/mol. The number of aliphatic carboxylic acids is 1. The predicted octanol–water partition coefficient (Wildman–Crippen LogP) is 1.43. The Hall–Kier alpha value is -1.20. The van der Waals surface area contributed by atoms with E-state index in [4.69, 9.17) is 10.8 Å². The largest absolute Gasteiger partial charge is 0.480 e. The number of carbonyl (C=O) groups excluding carboxylic acids is 1. The zero-order valence-electron chi connectivity index (χ0n) is 7.81. The smallest absolute Gasteiger partial charge is 0.320 e. The third kappa shape index (κ3) is 3.14. The van der Waals surface area contributed by atoms with E-state index in [-0.39, 0.29) is 12.2 Å². The first-order valence-electron chi connectivity index (χ1n) is 4.28. The molecular formula is C10H10BrNO3. The maximum atomic E-state index is 11.6. The first kappa shape index (κ1) is 11.9. The number of benzene rings is 1. The number of carbonyl (C=O) groups is 2. The first-order chi connectivity index (χ1) is 7.02. The number of hydrogen-bond acceptors (Lipinski definition) is 3. The number of halogens is 1. The highest BCUT2D eigenvalue weighted by molar-refractivity contribution is 9.10. The van der Waals surface area contributed by atoms with Crippen LogP contribution in [0.1, 0.15) is 16.8 Å². The fourth-order valence-corrected chi connectivity index (χ4v) is 1.59. The average Bonchev–Trinajstić information content (AvgIpc) is 2.18. The molecule has 15 heavy (non-hydrogen) atoms. The Morgan fingerprint density at radius 3 is 2.53 bits per heavy atom. The van der Waals surface area contributed by atoms with E-state index in [9.17, 15) is 9.59 Å². The van der Waals surface area contributed by atoms with E-state index in [0.717, 1.165) is 0 Å². The second kappa shape index (κ2) is 5.04. The molecule has 80 valence electrons. The Labute approximate surface area is 95.2 Å². The number of carboxylic acid groups (broad SMARTS) is 1. The Bertz CT molecular complexity index is 392. The molecule has 1 aromatic rings. The molecule has 0 fully saturated rings. The summed E-state index contributed by atoms with van der Waals surface area (Å²) in [5.41, 5.74) is 5.72. The minimum Gasteiger partial charge on any atom is -0.480 e. The lowest BCUT2D eigenvalue weighted by Gasteiger charge is -2.06. The van der Waals surface area contributed by atoms with Gasteiger partial charge in [-0.2, -0.15) is 0 Å². The molecular weight excluding hydrogens is 262 g/mol. The molecule has 1 rings (SSSR count). The number of hydrogen-bond donors (Lipinski definition) is 2. The molecule has 0 aliphatic heterocycles. The fourth-order valence-electron chi connectivity index (χ4n) is 1.08. The Kier molecular flexibility index (Phi) is 3.99. The number of rotatable bonds is 4. The molecule has 0 aromatic heterocycles. The molecule has 0 aliphatic carbocycles. The highest BCUT2D eigenvalue weighted by Gasteiger charge is 2.18. The van der Waals surface area contributed by atoms with Crippen LogP contribution in [0.3, 0.4) is 0 Å². The van der Waals surface area contributed by atoms with Gasteiger partial charge in [-0.25, -0.2) is 0 Å². The van der Waals surface area contributed by atoms with Gasteiger partial charge in [0.15, 0.2) is 5.78 Å². The van der Waals surface area contributed by atoms with Crippen molar-refractivity contribution in [1.82, 2.24) is 0 Å². The normalized spacial score (nSPS) is 12.1. The van der Waals surface area contributed by atoms with Gasteiger partial charge in [-0.1, -0.05) is 34.1 Å². The van der Waals surface area contributed by atoms with Crippen LogP contribution < -0.4 is 5.73 Å². The summed E-state index contributed by atoms with van der Waals surface area (Å²) < 4.78 is 0.646. The molecule has 0 saturated carbocycles. The predicted molar refractivity (Wildman–Crippen MR) is 58.7 cm³/mol. The lowest BCUT2D eigenvalue weighted by molar-refractivity contribution is -0.138. The third-order valence-electron chi connectivity index (χ3n) is 1.90. The zero-order chi connectivity index (χ0) is 11.4. The summed E-state index contributed by atoms with van der Waals surface area (Å²) in [7, 11) is 0. The highest BCUT2D eigenvalue weighted by Crippen LogP contribution is 2.17. The van der Waals surface area contributed by atoms with Gasteiger partial charge in [0.2, 0.25) is 0 Å². The van der Waals surface area contributed by atoms with Crippen molar-refractivity contribution in [2.45, 2.75) is 12.5 Å². The van der Waals surface area contributed by atoms with Crippen LogP contribution in [0.25, 0.3) is 0 Å². The summed E-state index contributed by atoms with van der Waals surface area (Å²) >= 11 is 3.21. The molecule has 0 spiro atoms. The molecule has 0 aliphatic rings. The molecule has 0 saturated heterocycles. The van der Waals surface area contributed by atoms with Gasteiger partial charge in [-0.3, -0.25) is 9.59 Å². The van der Waals surface area contributed by atoms with Crippen LogP contribution in [-0.4, -0.2) is 22.9 Å². The van der Waals surface area contributed by atoms with E-state index in [2.05, 4.69) is 15.9 Å². The van der Waals surface area contributed by atoms with Crippen molar-refractivity contribution in [2.75, 3.05) is 0 Å². The van der Waals surface area contributed by atoms with Gasteiger partial charge in [0, 0.05) is 16.5 Å². The third-order valence-corrected chi connectivity index (χ3v) is 2.59. The molecule has 0 radical (unpaired) electrons. The molecule has 1 atom stereocenters. The molecule has 3 N–H and O–H groups in total. The maximum absolute atomic E-state index is 11.6. The van der Waals surface area contributed by atoms with Gasteiger partial charge < -0.3 is 10.8 Å². The van der Waals surface area contributed by atoms with Crippen molar-refractivity contribution in [3.8, 4) is 0 Å². The summed E-state index contributed by atoms with van der Waals surface area (Å²) in [4.78, 5) is 22.1. The summed E-state index contributed by atoms with van der Waals surface area (Å²) in [6.45, 7) is 0. The topological polar surface area (TPSA) is 80.4 Å². The zero-order valence-corrected chi connectivity index (χ0v) is 9.40. The summed E-state index contributed by atoms with van der Waals surface area (Å²) in [5, 5.41) is 8.56. The number of nitrogens with two attached hydrogens (primary N) is 1. The van der Waals surface area contributed by atoms with E-state index < -0.39 is 12.0 Å². The van der Waals surface area contributed by atoms with Crippen molar-refractivity contribution in [3.63, 3.8) is 0 Å². The molecule has 5 heteroatoms. The SMILES string of the molecule is N[C@H](CC(=O)c1ccccc1Br)C(=O)O.